The third kappa shape index (κ3) is 4.58. The fourth-order valence-electron chi connectivity index (χ4n) is 2.23. The van der Waals surface area contributed by atoms with E-state index in [4.69, 9.17) is 9.47 Å². The number of amides is 1. The van der Waals surface area contributed by atoms with Crippen molar-refractivity contribution in [1.82, 2.24) is 4.90 Å². The molecule has 1 aliphatic heterocycles. The molecule has 1 aliphatic rings. The van der Waals surface area contributed by atoms with Crippen LogP contribution in [0.15, 0.2) is 18.2 Å². The predicted octanol–water partition coefficient (Wildman–Crippen LogP) is 3.74. The van der Waals surface area contributed by atoms with Crippen molar-refractivity contribution in [3.05, 3.63) is 29.8 Å². The Morgan fingerprint density at radius 1 is 1.23 bits per heavy atom. The average molecular weight is 313 g/mol. The zero-order valence-electron chi connectivity index (χ0n) is 13.1. The van der Waals surface area contributed by atoms with Gasteiger partial charge in [0.25, 0.3) is 0 Å². The van der Waals surface area contributed by atoms with E-state index in [1.54, 1.807) is 4.90 Å². The van der Waals surface area contributed by atoms with Gasteiger partial charge in [0, 0.05) is 32.0 Å². The molecule has 0 aromatic heterocycles. The van der Waals surface area contributed by atoms with E-state index in [-0.39, 0.29) is 17.9 Å². The Kier molecular flexibility index (Phi) is 4.88. The number of carbonyl (C=O) groups excluding carboxylic acids is 1. The van der Waals surface area contributed by atoms with Gasteiger partial charge in [-0.2, -0.15) is 0 Å². The highest BCUT2D eigenvalue weighted by Crippen LogP contribution is 2.23. The summed E-state index contributed by atoms with van der Waals surface area (Å²) in [6.07, 6.45) is 0.615. The van der Waals surface area contributed by atoms with Crippen molar-refractivity contribution in [1.29, 1.82) is 0 Å². The fraction of sp³-hybridized carbons (Fsp3) is 0.562. The van der Waals surface area contributed by atoms with E-state index in [0.717, 1.165) is 12.1 Å². The number of hydrogen-bond donors (Lipinski definition) is 0. The van der Waals surface area contributed by atoms with Crippen LogP contribution in [-0.2, 0) is 4.74 Å². The number of hydrogen-bond acceptors (Lipinski definition) is 3. The topological polar surface area (TPSA) is 38.8 Å². The Morgan fingerprint density at radius 3 is 2.41 bits per heavy atom. The van der Waals surface area contributed by atoms with E-state index >= 15 is 0 Å². The number of halogens is 2. The van der Waals surface area contributed by atoms with Crippen LogP contribution in [0, 0.1) is 11.6 Å². The maximum Gasteiger partial charge on any atom is 0.410 e. The molecule has 122 valence electrons. The number of piperidine rings is 1. The lowest BCUT2D eigenvalue weighted by molar-refractivity contribution is 0.0123. The first-order chi connectivity index (χ1) is 10.2. The molecule has 1 amide bonds. The van der Waals surface area contributed by atoms with Gasteiger partial charge in [0.15, 0.2) is 11.6 Å². The summed E-state index contributed by atoms with van der Waals surface area (Å²) in [5, 5.41) is 0. The molecule has 0 N–H and O–H groups in total. The van der Waals surface area contributed by atoms with Crippen LogP contribution in [-0.4, -0.2) is 35.8 Å². The summed E-state index contributed by atoms with van der Waals surface area (Å²) < 4.78 is 37.3. The highest BCUT2D eigenvalue weighted by atomic mass is 19.1. The average Bonchev–Trinajstić information content (AvgIpc) is 2.41. The number of nitrogens with zero attached hydrogens (tertiary/aromatic N) is 1. The van der Waals surface area contributed by atoms with Crippen molar-refractivity contribution in [3.8, 4) is 5.75 Å². The van der Waals surface area contributed by atoms with Crippen molar-refractivity contribution in [2.75, 3.05) is 13.1 Å². The lowest BCUT2D eigenvalue weighted by Gasteiger charge is -2.33. The van der Waals surface area contributed by atoms with Crippen LogP contribution < -0.4 is 4.74 Å². The zero-order chi connectivity index (χ0) is 16.3. The molecule has 6 heteroatoms. The molecule has 0 bridgehead atoms. The first kappa shape index (κ1) is 16.5. The largest absolute Gasteiger partial charge is 0.487 e. The van der Waals surface area contributed by atoms with Gasteiger partial charge in [0.2, 0.25) is 0 Å². The van der Waals surface area contributed by atoms with E-state index in [1.165, 1.54) is 6.07 Å². The van der Waals surface area contributed by atoms with Gasteiger partial charge in [-0.25, -0.2) is 13.6 Å². The number of likely N-dealkylation sites (tertiary alicyclic amines) is 1. The van der Waals surface area contributed by atoms with Gasteiger partial charge >= 0.3 is 6.09 Å². The summed E-state index contributed by atoms with van der Waals surface area (Å²) in [4.78, 5) is 13.5. The van der Waals surface area contributed by atoms with Crippen molar-refractivity contribution >= 4 is 6.09 Å². The summed E-state index contributed by atoms with van der Waals surface area (Å²) in [5.41, 5.74) is -0.526. The van der Waals surface area contributed by atoms with Crippen LogP contribution in [0.1, 0.15) is 33.6 Å². The molecule has 1 aromatic rings. The van der Waals surface area contributed by atoms with E-state index in [9.17, 15) is 13.6 Å². The Morgan fingerprint density at radius 2 is 1.86 bits per heavy atom. The standard InChI is InChI=1S/C16H21F2NO3/c1-16(2,3)22-15(20)19-8-6-12(7-9-19)21-14-5-4-11(17)10-13(14)18/h4-5,10,12H,6-9H2,1-3H3. The second kappa shape index (κ2) is 6.50. The molecule has 0 radical (unpaired) electrons. The maximum absolute atomic E-state index is 13.5. The van der Waals surface area contributed by atoms with Crippen molar-refractivity contribution in [2.45, 2.75) is 45.3 Å². The van der Waals surface area contributed by atoms with Crippen LogP contribution >= 0.6 is 0 Å². The highest BCUT2D eigenvalue weighted by molar-refractivity contribution is 5.68. The molecule has 22 heavy (non-hydrogen) atoms. The normalized spacial score (nSPS) is 16.5. The SMILES string of the molecule is CC(C)(C)OC(=O)N1CCC(Oc2ccc(F)cc2F)CC1. The Labute approximate surface area is 129 Å². The summed E-state index contributed by atoms with van der Waals surface area (Å²) in [5.74, 6) is -1.31. The first-order valence-electron chi connectivity index (χ1n) is 7.34. The Bertz CT molecular complexity index is 535. The van der Waals surface area contributed by atoms with Gasteiger partial charge in [0.1, 0.15) is 17.5 Å². The molecule has 0 atom stereocenters. The number of rotatable bonds is 2. The Hall–Kier alpha value is -1.85. The number of ether oxygens (including phenoxy) is 2. The van der Waals surface area contributed by atoms with Crippen LogP contribution in [0.4, 0.5) is 13.6 Å². The summed E-state index contributed by atoms with van der Waals surface area (Å²) in [6.45, 7) is 6.43. The summed E-state index contributed by atoms with van der Waals surface area (Å²) >= 11 is 0. The lowest BCUT2D eigenvalue weighted by Crippen LogP contribution is -2.44. The van der Waals surface area contributed by atoms with Crippen molar-refractivity contribution in [2.24, 2.45) is 0 Å². The first-order valence-corrected chi connectivity index (χ1v) is 7.34. The third-order valence-corrected chi connectivity index (χ3v) is 3.28. The van der Waals surface area contributed by atoms with E-state index in [0.29, 0.717) is 25.9 Å². The second-order valence-electron chi connectivity index (χ2n) is 6.36. The van der Waals surface area contributed by atoms with Crippen LogP contribution in [0.5, 0.6) is 5.75 Å². The fourth-order valence-corrected chi connectivity index (χ4v) is 2.23. The minimum Gasteiger partial charge on any atom is -0.487 e. The lowest BCUT2D eigenvalue weighted by atomic mass is 10.1. The van der Waals surface area contributed by atoms with Gasteiger partial charge in [-0.3, -0.25) is 0 Å². The molecule has 1 saturated heterocycles. The maximum atomic E-state index is 13.5. The van der Waals surface area contributed by atoms with Gasteiger partial charge in [-0.15, -0.1) is 0 Å². The summed E-state index contributed by atoms with van der Waals surface area (Å²) in [6, 6.07) is 3.24. The second-order valence-corrected chi connectivity index (χ2v) is 6.36. The molecular weight excluding hydrogens is 292 g/mol. The molecule has 0 saturated carbocycles. The van der Waals surface area contributed by atoms with Crippen LogP contribution in [0.2, 0.25) is 0 Å². The minimum absolute atomic E-state index is 0.0390. The van der Waals surface area contributed by atoms with Gasteiger partial charge in [0.05, 0.1) is 0 Å². The summed E-state index contributed by atoms with van der Waals surface area (Å²) in [7, 11) is 0. The van der Waals surface area contributed by atoms with E-state index in [1.807, 2.05) is 20.8 Å². The molecule has 1 fully saturated rings. The molecule has 2 rings (SSSR count). The number of benzene rings is 1. The highest BCUT2D eigenvalue weighted by Gasteiger charge is 2.28. The van der Waals surface area contributed by atoms with Crippen molar-refractivity contribution < 1.29 is 23.0 Å². The van der Waals surface area contributed by atoms with Gasteiger partial charge in [-0.1, -0.05) is 0 Å². The molecule has 0 spiro atoms. The van der Waals surface area contributed by atoms with E-state index in [2.05, 4.69) is 0 Å². The van der Waals surface area contributed by atoms with E-state index < -0.39 is 17.2 Å². The quantitative estimate of drug-likeness (QED) is 0.835. The molecular formula is C16H21F2NO3. The van der Waals surface area contributed by atoms with Crippen LogP contribution in [0.25, 0.3) is 0 Å². The zero-order valence-corrected chi connectivity index (χ0v) is 13.1. The molecule has 1 aromatic carbocycles. The molecule has 0 aliphatic carbocycles. The monoisotopic (exact) mass is 313 g/mol. The van der Waals surface area contributed by atoms with Gasteiger partial charge in [-0.05, 0) is 32.9 Å². The van der Waals surface area contributed by atoms with Gasteiger partial charge < -0.3 is 14.4 Å². The predicted molar refractivity (Wildman–Crippen MR) is 77.8 cm³/mol. The smallest absolute Gasteiger partial charge is 0.410 e. The molecule has 1 heterocycles. The minimum atomic E-state index is -0.713. The van der Waals surface area contributed by atoms with Crippen LogP contribution in [0.3, 0.4) is 0 Å². The Balaban J connectivity index is 1.86. The number of carbonyl (C=O) groups is 1. The molecule has 4 nitrogen and oxygen atoms in total. The third-order valence-electron chi connectivity index (χ3n) is 3.28. The molecule has 0 unspecified atom stereocenters. The van der Waals surface area contributed by atoms with Crippen molar-refractivity contribution in [3.63, 3.8) is 0 Å².